The Bertz CT molecular complexity index is 1010. The maximum absolute atomic E-state index is 13.7. The van der Waals surface area contributed by atoms with Crippen molar-refractivity contribution >= 4 is 23.2 Å². The second kappa shape index (κ2) is 10.1. The van der Waals surface area contributed by atoms with Crippen molar-refractivity contribution in [3.8, 4) is 6.07 Å². The highest BCUT2D eigenvalue weighted by Gasteiger charge is 2.36. The first kappa shape index (κ1) is 21.5. The molecule has 0 aliphatic heterocycles. The van der Waals surface area contributed by atoms with Crippen LogP contribution in [0.2, 0.25) is 5.02 Å². The molecule has 0 spiro atoms. The molecule has 0 fully saturated rings. The first-order chi connectivity index (χ1) is 15.5. The predicted molar refractivity (Wildman–Crippen MR) is 116 cm³/mol. The zero-order valence-electron chi connectivity index (χ0n) is 19.3. The minimum absolute atomic E-state index is 0.00789. The van der Waals surface area contributed by atoms with Gasteiger partial charge < -0.3 is 9.80 Å². The number of carbonyl (C=O) groups excluding carboxylic acids is 1. The molecule has 0 aromatic heterocycles. The Morgan fingerprint density at radius 3 is 2.45 bits per heavy atom. The Morgan fingerprint density at radius 1 is 1.23 bits per heavy atom. The largest absolute Gasteiger partial charge is 0.417 e. The van der Waals surface area contributed by atoms with Crippen LogP contribution in [0.15, 0.2) is 42.5 Å². The highest BCUT2D eigenvalue weighted by molar-refractivity contribution is 6.31. The summed E-state index contributed by atoms with van der Waals surface area (Å²) in [4.78, 5) is 15.8. The maximum Gasteiger partial charge on any atom is 0.417 e. The van der Waals surface area contributed by atoms with Crippen molar-refractivity contribution in [2.75, 3.05) is 18.9 Å². The van der Waals surface area contributed by atoms with Crippen molar-refractivity contribution in [1.29, 1.82) is 5.26 Å². The number of alkyl halides is 3. The molecule has 0 unspecified atom stereocenters. The summed E-state index contributed by atoms with van der Waals surface area (Å²) in [5, 5.41) is 9.54. The number of halogens is 4. The third-order valence-corrected chi connectivity index (χ3v) is 5.10. The van der Waals surface area contributed by atoms with E-state index in [4.69, 9.17) is 19.6 Å². The van der Waals surface area contributed by atoms with Crippen molar-refractivity contribution in [3.05, 3.63) is 64.2 Å². The molecule has 0 bridgehead atoms. The molecule has 1 atom stereocenters. The summed E-state index contributed by atoms with van der Waals surface area (Å²) in [5.41, 5.74) is -0.924. The molecule has 2 rings (SSSR count). The van der Waals surface area contributed by atoms with E-state index in [2.05, 4.69) is 0 Å². The van der Waals surface area contributed by atoms with Crippen LogP contribution in [0.5, 0.6) is 0 Å². The van der Waals surface area contributed by atoms with Crippen LogP contribution in [0.3, 0.4) is 0 Å². The number of hydrogen-bond acceptors (Lipinski definition) is 3. The van der Waals surface area contributed by atoms with E-state index in [0.717, 1.165) is 17.0 Å². The molecule has 166 valence electrons. The van der Waals surface area contributed by atoms with Crippen LogP contribution in [0.4, 0.5) is 18.9 Å². The van der Waals surface area contributed by atoms with Crippen LogP contribution >= 0.6 is 11.6 Å². The monoisotopic (exact) mass is 453 g/mol. The van der Waals surface area contributed by atoms with E-state index in [0.29, 0.717) is 10.6 Å². The van der Waals surface area contributed by atoms with Gasteiger partial charge in [0.15, 0.2) is 0 Å². The fourth-order valence-corrected chi connectivity index (χ4v) is 3.45. The van der Waals surface area contributed by atoms with E-state index in [-0.39, 0.29) is 24.6 Å². The van der Waals surface area contributed by atoms with Gasteiger partial charge in [0.05, 0.1) is 17.2 Å². The molecule has 0 N–H and O–H groups in total. The minimum Gasteiger partial charge on any atom is -0.355 e. The van der Waals surface area contributed by atoms with Gasteiger partial charge in [-0.15, -0.1) is 0 Å². The predicted octanol–water partition coefficient (Wildman–Crippen LogP) is 5.74. The van der Waals surface area contributed by atoms with Gasteiger partial charge in [0.25, 0.3) is 0 Å². The zero-order chi connectivity index (χ0) is 24.8. The number of benzene rings is 2. The van der Waals surface area contributed by atoms with Gasteiger partial charge in [-0.05, 0) is 42.2 Å². The molecule has 1 amide bonds. The van der Waals surface area contributed by atoms with Crippen LogP contribution in [-0.2, 0) is 17.5 Å². The van der Waals surface area contributed by atoms with Crippen LogP contribution in [-0.4, -0.2) is 30.9 Å². The molecular weight excluding hydrogens is 427 g/mol. The minimum atomic E-state index is -4.76. The number of amides is 1. The fraction of sp³-hybridized carbons (Fsp3) is 0.391. The number of nitriles is 1. The summed E-state index contributed by atoms with van der Waals surface area (Å²) in [6, 6.07) is 10.8. The summed E-state index contributed by atoms with van der Waals surface area (Å²) < 4.78 is 56.2. The number of nitrogens with zero attached hydrogens (tertiary/aromatic N) is 3. The van der Waals surface area contributed by atoms with Gasteiger partial charge in [0, 0.05) is 34.0 Å². The van der Waals surface area contributed by atoms with Gasteiger partial charge in [-0.2, -0.15) is 18.4 Å². The Morgan fingerprint density at radius 2 is 1.90 bits per heavy atom. The maximum atomic E-state index is 13.7. The lowest BCUT2D eigenvalue weighted by atomic mass is 9.98. The van der Waals surface area contributed by atoms with Crippen molar-refractivity contribution in [2.45, 2.75) is 39.0 Å². The Hall–Kier alpha value is -2.72. The molecule has 0 saturated carbocycles. The van der Waals surface area contributed by atoms with Gasteiger partial charge >= 0.3 is 6.18 Å². The Labute approximate surface area is 188 Å². The van der Waals surface area contributed by atoms with Crippen molar-refractivity contribution in [3.63, 3.8) is 0 Å². The molecule has 2 aromatic rings. The first-order valence-electron chi connectivity index (χ1n) is 10.9. The second-order valence-corrected chi connectivity index (χ2v) is 7.99. The van der Waals surface area contributed by atoms with E-state index in [9.17, 15) is 18.0 Å². The van der Waals surface area contributed by atoms with Gasteiger partial charge in [-0.3, -0.25) is 4.79 Å². The van der Waals surface area contributed by atoms with Crippen molar-refractivity contribution < 1.29 is 20.7 Å². The van der Waals surface area contributed by atoms with Gasteiger partial charge in [0.1, 0.15) is 6.04 Å². The highest BCUT2D eigenvalue weighted by Crippen LogP contribution is 2.36. The standard InChI is InChI=1S/C23H25ClF3N3O/c1-15(2)11-21(22(31)29(3)4)30(14-17-7-5-6-8-20(17)24)18-10-9-16(13-28)19(12-18)23(25,26)27/h5-10,12,15,21H,11,14H2,1-4H3/t21-/m0/s1/i3D,4D. The van der Waals surface area contributed by atoms with E-state index in [1.54, 1.807) is 30.3 Å². The van der Waals surface area contributed by atoms with E-state index in [1.165, 1.54) is 11.0 Å². The smallest absolute Gasteiger partial charge is 0.355 e. The summed E-state index contributed by atoms with van der Waals surface area (Å²) in [6.45, 7) is 3.77. The quantitative estimate of drug-likeness (QED) is 0.537. The fourth-order valence-electron chi connectivity index (χ4n) is 3.25. The molecule has 0 saturated heterocycles. The van der Waals surface area contributed by atoms with E-state index in [1.807, 2.05) is 13.8 Å². The third-order valence-electron chi connectivity index (χ3n) is 4.73. The van der Waals surface area contributed by atoms with Crippen molar-refractivity contribution in [1.82, 2.24) is 4.90 Å². The highest BCUT2D eigenvalue weighted by atomic mass is 35.5. The van der Waals surface area contributed by atoms with Crippen LogP contribution in [0, 0.1) is 17.2 Å². The SMILES string of the molecule is [2H]CN(C[2H])C(=O)[C@H](CC(C)C)N(Cc1ccccc1Cl)c1ccc(C#N)c(C(F)(F)F)c1. The average Bonchev–Trinajstić information content (AvgIpc) is 2.76. The molecule has 8 heteroatoms. The lowest BCUT2D eigenvalue weighted by molar-refractivity contribution is -0.137. The molecule has 4 nitrogen and oxygen atoms in total. The molecule has 0 radical (unpaired) electrons. The zero-order valence-corrected chi connectivity index (χ0v) is 18.0. The van der Waals surface area contributed by atoms with Crippen LogP contribution in [0.25, 0.3) is 0 Å². The van der Waals surface area contributed by atoms with Crippen LogP contribution in [0.1, 0.15) is 39.7 Å². The lowest BCUT2D eigenvalue weighted by Crippen LogP contribution is -2.47. The molecule has 0 heterocycles. The van der Waals surface area contributed by atoms with Crippen molar-refractivity contribution in [2.24, 2.45) is 5.92 Å². The number of anilines is 1. The molecule has 0 aliphatic carbocycles. The first-order valence-corrected chi connectivity index (χ1v) is 9.89. The normalized spacial score (nSPS) is 13.2. The molecule has 2 aromatic carbocycles. The lowest BCUT2D eigenvalue weighted by Gasteiger charge is -2.36. The number of rotatable bonds is 7. The summed E-state index contributed by atoms with van der Waals surface area (Å²) in [6.07, 6.45) is -4.48. The molecule has 31 heavy (non-hydrogen) atoms. The summed E-state index contributed by atoms with van der Waals surface area (Å²) in [7, 11) is -0.893. The molecule has 0 aliphatic rings. The Balaban J connectivity index is 2.70. The number of carbonyl (C=O) groups is 1. The topological polar surface area (TPSA) is 47.3 Å². The summed E-state index contributed by atoms with van der Waals surface area (Å²) >= 11 is 6.31. The van der Waals surface area contributed by atoms with Gasteiger partial charge in [-0.25, -0.2) is 0 Å². The van der Waals surface area contributed by atoms with E-state index < -0.39 is 43.3 Å². The third kappa shape index (κ3) is 6.14. The van der Waals surface area contributed by atoms with Crippen LogP contribution < -0.4 is 4.90 Å². The second-order valence-electron chi connectivity index (χ2n) is 7.58. The average molecular weight is 454 g/mol. The number of likely N-dealkylation sites (N-methyl/N-ethyl adjacent to an activating group) is 1. The Kier molecular flexibility index (Phi) is 6.98. The van der Waals surface area contributed by atoms with Gasteiger partial charge in [0.2, 0.25) is 5.91 Å². The molecular formula is C23H25ClF3N3O. The summed E-state index contributed by atoms with van der Waals surface area (Å²) in [5.74, 6) is -0.537. The van der Waals surface area contributed by atoms with E-state index >= 15 is 0 Å². The van der Waals surface area contributed by atoms with Gasteiger partial charge in [-0.1, -0.05) is 43.6 Å². The number of hydrogen-bond donors (Lipinski definition) is 0.